The number of carboxylic acid groups (broad SMARTS) is 1. The Morgan fingerprint density at radius 3 is 2.50 bits per heavy atom. The first-order chi connectivity index (χ1) is 12.2. The molecular formula is C16H24N2O7S. The molecule has 9 nitrogen and oxygen atoms in total. The van der Waals surface area contributed by atoms with Crippen molar-refractivity contribution >= 4 is 21.9 Å². The van der Waals surface area contributed by atoms with Gasteiger partial charge in [0.25, 0.3) is 10.0 Å². The maximum Gasteiger partial charge on any atom is 0.371 e. The molecular weight excluding hydrogens is 364 g/mol. The van der Waals surface area contributed by atoms with Crippen LogP contribution < -0.4 is 0 Å². The highest BCUT2D eigenvalue weighted by Gasteiger charge is 2.35. The van der Waals surface area contributed by atoms with Gasteiger partial charge in [-0.15, -0.1) is 0 Å². The van der Waals surface area contributed by atoms with E-state index in [1.165, 1.54) is 4.31 Å². The third kappa shape index (κ3) is 4.25. The van der Waals surface area contributed by atoms with Crippen molar-refractivity contribution in [2.24, 2.45) is 5.92 Å². The fourth-order valence-electron chi connectivity index (χ4n) is 2.90. The van der Waals surface area contributed by atoms with E-state index in [-0.39, 0.29) is 31.0 Å². The minimum atomic E-state index is -3.91. The molecule has 0 spiro atoms. The standard InChI is InChI=1S/C16H24N2O7S/c1-11(10-24-3)17(2)15(19)12-6-8-18(9-7-12)26(22,23)14-5-4-13(25-14)16(20)21/h4-5,11-12H,6-10H2,1-3H3,(H,20,21). The zero-order valence-corrected chi connectivity index (χ0v) is 15.9. The number of carboxylic acids is 1. The van der Waals surface area contributed by atoms with E-state index in [1.54, 1.807) is 19.1 Å². The van der Waals surface area contributed by atoms with E-state index in [9.17, 15) is 18.0 Å². The lowest BCUT2D eigenvalue weighted by atomic mass is 9.96. The molecule has 1 amide bonds. The van der Waals surface area contributed by atoms with Crippen LogP contribution in [0.1, 0.15) is 30.3 Å². The van der Waals surface area contributed by atoms with Crippen molar-refractivity contribution in [3.05, 3.63) is 17.9 Å². The first kappa shape index (κ1) is 20.4. The molecule has 1 aromatic heterocycles. The predicted molar refractivity (Wildman–Crippen MR) is 91.3 cm³/mol. The Kier molecular flexibility index (Phi) is 6.43. The molecule has 1 aliphatic heterocycles. The van der Waals surface area contributed by atoms with Crippen molar-refractivity contribution < 1.29 is 32.3 Å². The highest BCUT2D eigenvalue weighted by atomic mass is 32.2. The summed E-state index contributed by atoms with van der Waals surface area (Å²) in [6.07, 6.45) is 0.795. The highest BCUT2D eigenvalue weighted by molar-refractivity contribution is 7.89. The molecule has 1 fully saturated rings. The molecule has 2 heterocycles. The summed E-state index contributed by atoms with van der Waals surface area (Å²) in [5, 5.41) is 8.45. The summed E-state index contributed by atoms with van der Waals surface area (Å²) in [5.74, 6) is -2.04. The highest BCUT2D eigenvalue weighted by Crippen LogP contribution is 2.26. The quantitative estimate of drug-likeness (QED) is 0.736. The molecule has 0 aliphatic carbocycles. The second-order valence-electron chi connectivity index (χ2n) is 6.36. The number of sulfonamides is 1. The number of methoxy groups -OCH3 is 1. The molecule has 26 heavy (non-hydrogen) atoms. The van der Waals surface area contributed by atoms with E-state index in [0.29, 0.717) is 19.4 Å². The summed E-state index contributed by atoms with van der Waals surface area (Å²) >= 11 is 0. The van der Waals surface area contributed by atoms with Gasteiger partial charge in [-0.1, -0.05) is 0 Å². The second kappa shape index (κ2) is 8.19. The minimum absolute atomic E-state index is 0.0299. The summed E-state index contributed by atoms with van der Waals surface area (Å²) in [7, 11) is -0.625. The van der Waals surface area contributed by atoms with Gasteiger partial charge in [0.1, 0.15) is 0 Å². The predicted octanol–water partition coefficient (Wildman–Crippen LogP) is 0.872. The van der Waals surface area contributed by atoms with Crippen LogP contribution in [0.15, 0.2) is 21.6 Å². The number of ether oxygens (including phenoxy) is 1. The Balaban J connectivity index is 2.00. The number of hydrogen-bond donors (Lipinski definition) is 1. The Morgan fingerprint density at radius 1 is 1.38 bits per heavy atom. The number of furan rings is 1. The summed E-state index contributed by atoms with van der Waals surface area (Å²) < 4.78 is 36.3. The fourth-order valence-corrected chi connectivity index (χ4v) is 4.28. The Hall–Kier alpha value is -1.91. The molecule has 10 heteroatoms. The smallest absolute Gasteiger partial charge is 0.371 e. The van der Waals surface area contributed by atoms with E-state index in [2.05, 4.69) is 0 Å². The van der Waals surface area contributed by atoms with Crippen molar-refractivity contribution in [2.75, 3.05) is 33.9 Å². The molecule has 1 saturated heterocycles. The molecule has 1 aliphatic rings. The van der Waals surface area contributed by atoms with Gasteiger partial charge in [-0.05, 0) is 31.9 Å². The molecule has 0 saturated carbocycles. The maximum absolute atomic E-state index is 12.6. The molecule has 1 N–H and O–H groups in total. The number of likely N-dealkylation sites (N-methyl/N-ethyl adjacent to an activating group) is 1. The molecule has 2 rings (SSSR count). The van der Waals surface area contributed by atoms with E-state index >= 15 is 0 Å². The van der Waals surface area contributed by atoms with Gasteiger partial charge in [-0.3, -0.25) is 4.79 Å². The molecule has 0 aromatic carbocycles. The molecule has 0 bridgehead atoms. The Morgan fingerprint density at radius 2 is 2.00 bits per heavy atom. The van der Waals surface area contributed by atoms with Crippen LogP contribution in [0.2, 0.25) is 0 Å². The average Bonchev–Trinajstić information content (AvgIpc) is 3.12. The van der Waals surface area contributed by atoms with Crippen molar-refractivity contribution in [3.63, 3.8) is 0 Å². The lowest BCUT2D eigenvalue weighted by Gasteiger charge is -2.33. The molecule has 0 radical (unpaired) electrons. The second-order valence-corrected chi connectivity index (χ2v) is 8.22. The van der Waals surface area contributed by atoms with Crippen LogP contribution in [0.4, 0.5) is 0 Å². The fraction of sp³-hybridized carbons (Fsp3) is 0.625. The third-order valence-corrected chi connectivity index (χ3v) is 6.38. The largest absolute Gasteiger partial charge is 0.475 e. The first-order valence-corrected chi connectivity index (χ1v) is 9.71. The van der Waals surface area contributed by atoms with E-state index < -0.39 is 26.8 Å². The summed E-state index contributed by atoms with van der Waals surface area (Å²) in [6, 6.07) is 2.18. The maximum atomic E-state index is 12.6. The van der Waals surface area contributed by atoms with Gasteiger partial charge in [-0.25, -0.2) is 13.2 Å². The Bertz CT molecular complexity index is 750. The van der Waals surface area contributed by atoms with Gasteiger partial charge in [0.05, 0.1) is 12.6 Å². The lowest BCUT2D eigenvalue weighted by molar-refractivity contribution is -0.138. The van der Waals surface area contributed by atoms with Crippen LogP contribution in [0.5, 0.6) is 0 Å². The van der Waals surface area contributed by atoms with Gasteiger partial charge < -0.3 is 19.2 Å². The van der Waals surface area contributed by atoms with Crippen molar-refractivity contribution in [1.82, 2.24) is 9.21 Å². The van der Waals surface area contributed by atoms with Gasteiger partial charge in [0, 0.05) is 33.2 Å². The van der Waals surface area contributed by atoms with Crippen molar-refractivity contribution in [2.45, 2.75) is 30.9 Å². The number of rotatable bonds is 7. The first-order valence-electron chi connectivity index (χ1n) is 8.27. The van der Waals surface area contributed by atoms with Crippen molar-refractivity contribution in [3.8, 4) is 0 Å². The average molecular weight is 388 g/mol. The summed E-state index contributed by atoms with van der Waals surface area (Å²) in [6.45, 7) is 2.67. The molecule has 1 atom stereocenters. The van der Waals surface area contributed by atoms with Gasteiger partial charge in [-0.2, -0.15) is 4.31 Å². The van der Waals surface area contributed by atoms with Crippen LogP contribution in [0.25, 0.3) is 0 Å². The normalized spacial score (nSPS) is 17.8. The van der Waals surface area contributed by atoms with Gasteiger partial charge in [0.2, 0.25) is 16.8 Å². The van der Waals surface area contributed by atoms with Gasteiger partial charge in [0.15, 0.2) is 0 Å². The topological polar surface area (TPSA) is 117 Å². The monoisotopic (exact) mass is 388 g/mol. The van der Waals surface area contributed by atoms with E-state index in [4.69, 9.17) is 14.3 Å². The van der Waals surface area contributed by atoms with E-state index in [0.717, 1.165) is 12.1 Å². The molecule has 1 unspecified atom stereocenters. The van der Waals surface area contributed by atoms with Crippen LogP contribution in [-0.2, 0) is 19.6 Å². The zero-order chi connectivity index (χ0) is 19.5. The Labute approximate surface area is 152 Å². The SMILES string of the molecule is COCC(C)N(C)C(=O)C1CCN(S(=O)(=O)c2ccc(C(=O)O)o2)CC1. The lowest BCUT2D eigenvalue weighted by Crippen LogP contribution is -2.46. The number of amides is 1. The van der Waals surface area contributed by atoms with Crippen LogP contribution in [0, 0.1) is 5.92 Å². The van der Waals surface area contributed by atoms with Crippen LogP contribution in [0.3, 0.4) is 0 Å². The number of carbonyl (C=O) groups is 2. The number of aromatic carboxylic acids is 1. The van der Waals surface area contributed by atoms with E-state index in [1.807, 2.05) is 6.92 Å². The summed E-state index contributed by atoms with van der Waals surface area (Å²) in [5.41, 5.74) is 0. The van der Waals surface area contributed by atoms with Crippen molar-refractivity contribution in [1.29, 1.82) is 0 Å². The number of nitrogens with zero attached hydrogens (tertiary/aromatic N) is 2. The zero-order valence-electron chi connectivity index (χ0n) is 15.0. The molecule has 1 aromatic rings. The summed E-state index contributed by atoms with van der Waals surface area (Å²) in [4.78, 5) is 25.0. The van der Waals surface area contributed by atoms with Gasteiger partial charge >= 0.3 is 5.97 Å². The van der Waals surface area contributed by atoms with Crippen LogP contribution in [-0.4, -0.2) is 74.5 Å². The number of hydrogen-bond acceptors (Lipinski definition) is 6. The van der Waals surface area contributed by atoms with Crippen LogP contribution >= 0.6 is 0 Å². The third-order valence-electron chi connectivity index (χ3n) is 4.61. The number of piperidine rings is 1. The minimum Gasteiger partial charge on any atom is -0.475 e. The molecule has 146 valence electrons. The number of carbonyl (C=O) groups excluding carboxylic acids is 1.